The topological polar surface area (TPSA) is 49.4 Å². The van der Waals surface area contributed by atoms with Crippen molar-refractivity contribution in [1.29, 1.82) is 0 Å². The molecule has 23 heavy (non-hydrogen) atoms. The molecule has 2 fully saturated rings. The summed E-state index contributed by atoms with van der Waals surface area (Å²) in [4.78, 5) is 26.1. The van der Waals surface area contributed by atoms with E-state index in [1.165, 1.54) is 31.1 Å². The first-order valence-electron chi connectivity index (χ1n) is 7.73. The fourth-order valence-electron chi connectivity index (χ4n) is 2.44. The zero-order chi connectivity index (χ0) is 16.2. The van der Waals surface area contributed by atoms with Gasteiger partial charge in [0.1, 0.15) is 11.9 Å². The Hall–Kier alpha value is -1.82. The van der Waals surface area contributed by atoms with Gasteiger partial charge < -0.3 is 10.2 Å². The Balaban J connectivity index is 1.59. The third-order valence-corrected chi connectivity index (χ3v) is 5.01. The number of nitrogens with one attached hydrogen (secondary N) is 1. The summed E-state index contributed by atoms with van der Waals surface area (Å²) in [5.41, 5.74) is 0.625. The van der Waals surface area contributed by atoms with Gasteiger partial charge in [0.05, 0.1) is 5.88 Å². The van der Waals surface area contributed by atoms with Crippen LogP contribution in [-0.4, -0.2) is 40.9 Å². The van der Waals surface area contributed by atoms with E-state index in [1.807, 2.05) is 0 Å². The van der Waals surface area contributed by atoms with Crippen LogP contribution in [0.5, 0.6) is 0 Å². The molecule has 1 saturated heterocycles. The fraction of sp³-hybridized carbons (Fsp3) is 0.412. The molecule has 1 unspecified atom stereocenters. The van der Waals surface area contributed by atoms with E-state index in [1.54, 1.807) is 34.9 Å². The van der Waals surface area contributed by atoms with E-state index in [4.69, 9.17) is 0 Å². The van der Waals surface area contributed by atoms with Gasteiger partial charge in [0, 0.05) is 18.4 Å². The van der Waals surface area contributed by atoms with Crippen molar-refractivity contribution in [2.75, 3.05) is 18.2 Å². The lowest BCUT2D eigenvalue weighted by Crippen LogP contribution is -2.47. The van der Waals surface area contributed by atoms with Crippen molar-refractivity contribution >= 4 is 29.7 Å². The number of carbonyl (C=O) groups is 2. The minimum absolute atomic E-state index is 0.0746. The van der Waals surface area contributed by atoms with Crippen LogP contribution >= 0.6 is 11.8 Å². The van der Waals surface area contributed by atoms with Gasteiger partial charge in [0.25, 0.3) is 0 Å². The van der Waals surface area contributed by atoms with Crippen LogP contribution in [0.2, 0.25) is 0 Å². The molecular weight excluding hydrogens is 315 g/mol. The predicted octanol–water partition coefficient (Wildman–Crippen LogP) is 2.27. The van der Waals surface area contributed by atoms with Crippen molar-refractivity contribution in [2.45, 2.75) is 18.9 Å². The van der Waals surface area contributed by atoms with Crippen LogP contribution in [0, 0.1) is 11.7 Å². The van der Waals surface area contributed by atoms with Crippen molar-refractivity contribution in [3.8, 4) is 0 Å². The van der Waals surface area contributed by atoms with Crippen LogP contribution in [0.1, 0.15) is 18.4 Å². The number of halogens is 1. The molecule has 1 N–H and O–H groups in total. The van der Waals surface area contributed by atoms with Gasteiger partial charge in [-0.25, -0.2) is 4.39 Å². The average Bonchev–Trinajstić information content (AvgIpc) is 3.24. The Morgan fingerprint density at radius 3 is 2.96 bits per heavy atom. The second-order valence-corrected chi connectivity index (χ2v) is 6.90. The predicted molar refractivity (Wildman–Crippen MR) is 89.1 cm³/mol. The first-order chi connectivity index (χ1) is 11.1. The Morgan fingerprint density at radius 1 is 1.39 bits per heavy atom. The molecular formula is C17H19FN2O2S. The van der Waals surface area contributed by atoms with Gasteiger partial charge in [0.15, 0.2) is 0 Å². The number of hydrogen-bond donors (Lipinski definition) is 1. The lowest BCUT2D eigenvalue weighted by molar-refractivity contribution is -0.134. The maximum atomic E-state index is 13.1. The molecule has 2 aliphatic rings. The number of thioether (sulfide) groups is 1. The van der Waals surface area contributed by atoms with Gasteiger partial charge in [0.2, 0.25) is 11.8 Å². The van der Waals surface area contributed by atoms with Crippen molar-refractivity contribution in [2.24, 2.45) is 5.92 Å². The van der Waals surface area contributed by atoms with Gasteiger partial charge >= 0.3 is 0 Å². The minimum atomic E-state index is -0.414. The molecule has 1 aromatic rings. The minimum Gasteiger partial charge on any atom is -0.354 e. The van der Waals surface area contributed by atoms with E-state index in [0.717, 1.165) is 0 Å². The molecule has 1 aliphatic carbocycles. The summed E-state index contributed by atoms with van der Waals surface area (Å²) in [7, 11) is 0. The number of rotatable bonds is 5. The molecule has 2 amide bonds. The Labute approximate surface area is 139 Å². The van der Waals surface area contributed by atoms with Crippen LogP contribution < -0.4 is 5.32 Å². The summed E-state index contributed by atoms with van der Waals surface area (Å²) in [5.74, 6) is 1.11. The van der Waals surface area contributed by atoms with Crippen molar-refractivity contribution in [3.05, 3.63) is 41.7 Å². The highest BCUT2D eigenvalue weighted by Crippen LogP contribution is 2.28. The summed E-state index contributed by atoms with van der Waals surface area (Å²) in [6.07, 6.45) is 5.34. The highest BCUT2D eigenvalue weighted by Gasteiger charge is 2.34. The second-order valence-electron chi connectivity index (χ2n) is 5.90. The monoisotopic (exact) mass is 334 g/mol. The van der Waals surface area contributed by atoms with E-state index >= 15 is 0 Å². The molecule has 6 heteroatoms. The summed E-state index contributed by atoms with van der Waals surface area (Å²) in [5, 5.41) is 2.93. The van der Waals surface area contributed by atoms with Gasteiger partial charge in [-0.2, -0.15) is 0 Å². The van der Waals surface area contributed by atoms with Crippen molar-refractivity contribution in [1.82, 2.24) is 10.2 Å². The molecule has 1 heterocycles. The van der Waals surface area contributed by atoms with Crippen molar-refractivity contribution in [3.63, 3.8) is 0 Å². The molecule has 1 atom stereocenters. The van der Waals surface area contributed by atoms with Gasteiger partial charge in [-0.05, 0) is 42.5 Å². The first kappa shape index (κ1) is 16.1. The number of carbonyl (C=O) groups excluding carboxylic acids is 2. The van der Waals surface area contributed by atoms with Crippen molar-refractivity contribution < 1.29 is 14.0 Å². The second kappa shape index (κ2) is 7.17. The summed E-state index contributed by atoms with van der Waals surface area (Å²) >= 11 is 1.57. The zero-order valence-corrected chi connectivity index (χ0v) is 13.5. The Kier molecular flexibility index (Phi) is 5.00. The van der Waals surface area contributed by atoms with Gasteiger partial charge in [-0.15, -0.1) is 11.8 Å². The average molecular weight is 334 g/mol. The molecule has 4 nitrogen and oxygen atoms in total. The smallest absolute Gasteiger partial charge is 0.247 e. The van der Waals surface area contributed by atoms with Gasteiger partial charge in [-0.1, -0.05) is 12.1 Å². The Morgan fingerprint density at radius 2 is 2.22 bits per heavy atom. The third-order valence-electron chi connectivity index (χ3n) is 4.00. The van der Waals surface area contributed by atoms with E-state index in [-0.39, 0.29) is 17.6 Å². The number of benzene rings is 1. The standard InChI is InChI=1S/C17H19FN2O2S/c18-14-3-1-2-12(8-14)6-7-16(21)20-11-23-10-15(20)17(22)19-9-13-4-5-13/h1-3,6-8,13,15H,4-5,9-11H2,(H,19,22)/b7-6+. The lowest BCUT2D eigenvalue weighted by Gasteiger charge is -2.21. The maximum absolute atomic E-state index is 13.1. The first-order valence-corrected chi connectivity index (χ1v) is 8.88. The van der Waals surface area contributed by atoms with Crippen LogP contribution in [0.4, 0.5) is 4.39 Å². The maximum Gasteiger partial charge on any atom is 0.247 e. The molecule has 3 rings (SSSR count). The highest BCUT2D eigenvalue weighted by atomic mass is 32.2. The molecule has 1 aromatic carbocycles. The third kappa shape index (κ3) is 4.34. The summed E-state index contributed by atoms with van der Waals surface area (Å²) in [6, 6.07) is 5.63. The van der Waals surface area contributed by atoms with Crippen LogP contribution in [-0.2, 0) is 9.59 Å². The summed E-state index contributed by atoms with van der Waals surface area (Å²) in [6.45, 7) is 0.709. The molecule has 0 spiro atoms. The largest absolute Gasteiger partial charge is 0.354 e. The SMILES string of the molecule is O=C(NCC1CC1)C1CSCN1C(=O)/C=C/c1cccc(F)c1. The molecule has 122 valence electrons. The summed E-state index contributed by atoms with van der Waals surface area (Å²) < 4.78 is 13.1. The molecule has 0 radical (unpaired) electrons. The molecule has 0 aromatic heterocycles. The van der Waals surface area contributed by atoms with Crippen LogP contribution in [0.3, 0.4) is 0 Å². The number of amides is 2. The van der Waals surface area contributed by atoms with E-state index in [9.17, 15) is 14.0 Å². The molecule has 1 aliphatic heterocycles. The quantitative estimate of drug-likeness (QED) is 0.841. The molecule has 0 bridgehead atoms. The molecule has 1 saturated carbocycles. The normalized spacial score (nSPS) is 20.9. The van der Waals surface area contributed by atoms with E-state index in [0.29, 0.717) is 29.7 Å². The number of hydrogen-bond acceptors (Lipinski definition) is 3. The zero-order valence-electron chi connectivity index (χ0n) is 12.7. The Bertz CT molecular complexity index is 631. The van der Waals surface area contributed by atoms with Crippen LogP contribution in [0.25, 0.3) is 6.08 Å². The fourth-order valence-corrected chi connectivity index (χ4v) is 3.60. The lowest BCUT2D eigenvalue weighted by atomic mass is 10.2. The van der Waals surface area contributed by atoms with E-state index in [2.05, 4.69) is 5.32 Å². The highest BCUT2D eigenvalue weighted by molar-refractivity contribution is 7.99. The van der Waals surface area contributed by atoms with Gasteiger partial charge in [-0.3, -0.25) is 9.59 Å². The van der Waals surface area contributed by atoms with E-state index < -0.39 is 6.04 Å². The number of nitrogens with zero attached hydrogens (tertiary/aromatic N) is 1. The van der Waals surface area contributed by atoms with Crippen LogP contribution in [0.15, 0.2) is 30.3 Å².